The quantitative estimate of drug-likeness (QED) is 0.326. The molecule has 1 atom stereocenters. The highest BCUT2D eigenvalue weighted by molar-refractivity contribution is 6.30. The van der Waals surface area contributed by atoms with Gasteiger partial charge < -0.3 is 15.3 Å². The van der Waals surface area contributed by atoms with Gasteiger partial charge in [-0.05, 0) is 37.5 Å². The second kappa shape index (κ2) is 14.0. The number of aliphatic carboxylic acids is 1. The Morgan fingerprint density at radius 2 is 1.69 bits per heavy atom. The molecule has 7 heteroatoms. The number of nitrogens with zero attached hydrogens (tertiary/aromatic N) is 1. The van der Waals surface area contributed by atoms with Crippen LogP contribution in [-0.4, -0.2) is 40.9 Å². The summed E-state index contributed by atoms with van der Waals surface area (Å²) < 4.78 is 0. The lowest BCUT2D eigenvalue weighted by Gasteiger charge is -2.27. The molecule has 0 aromatic heterocycles. The number of anilines is 1. The van der Waals surface area contributed by atoms with Crippen LogP contribution in [0.25, 0.3) is 0 Å². The number of carboxylic acid groups (broad SMARTS) is 1. The van der Waals surface area contributed by atoms with Crippen molar-refractivity contribution in [1.29, 1.82) is 0 Å². The Morgan fingerprint density at radius 3 is 2.21 bits per heavy atom. The van der Waals surface area contributed by atoms with E-state index in [-0.39, 0.29) is 18.7 Å². The van der Waals surface area contributed by atoms with Crippen LogP contribution in [0.4, 0.5) is 5.69 Å². The molecule has 0 aliphatic heterocycles. The van der Waals surface area contributed by atoms with Crippen LogP contribution in [0.5, 0.6) is 0 Å². The summed E-state index contributed by atoms with van der Waals surface area (Å²) in [7, 11) is 0. The molecule has 6 nitrogen and oxygen atoms in total. The number of halogens is 1. The van der Waals surface area contributed by atoms with Gasteiger partial charge in [-0.25, -0.2) is 0 Å². The standard InChI is InChI=1S/C22H33ClN2O4/c1-3-5-7-14-25(15-8-6-4-2)22(29)19(12-13-20(26)27)21(28)24-18-11-9-10-17(23)16-18/h9-11,16,19H,3-8,12-15H2,1-2H3,(H,24,28)(H,26,27). The summed E-state index contributed by atoms with van der Waals surface area (Å²) in [5.74, 6) is -2.84. The maximum absolute atomic E-state index is 13.2. The monoisotopic (exact) mass is 424 g/mol. The van der Waals surface area contributed by atoms with Gasteiger partial charge in [-0.1, -0.05) is 57.2 Å². The molecule has 2 N–H and O–H groups in total. The van der Waals surface area contributed by atoms with Gasteiger partial charge in [-0.15, -0.1) is 0 Å². The van der Waals surface area contributed by atoms with Gasteiger partial charge in [0.25, 0.3) is 0 Å². The number of carboxylic acids is 1. The molecule has 0 aliphatic carbocycles. The second-order valence-corrected chi connectivity index (χ2v) is 7.66. The lowest BCUT2D eigenvalue weighted by Crippen LogP contribution is -2.42. The van der Waals surface area contributed by atoms with Crippen LogP contribution >= 0.6 is 11.6 Å². The first-order valence-corrected chi connectivity index (χ1v) is 10.8. The van der Waals surface area contributed by atoms with E-state index < -0.39 is 17.8 Å². The number of carbonyl (C=O) groups excluding carboxylic acids is 2. The number of rotatable bonds is 14. The van der Waals surface area contributed by atoms with Gasteiger partial charge in [0, 0.05) is 30.2 Å². The van der Waals surface area contributed by atoms with Crippen molar-refractivity contribution in [3.05, 3.63) is 29.3 Å². The Labute approximate surface area is 178 Å². The Hall–Kier alpha value is -2.08. The summed E-state index contributed by atoms with van der Waals surface area (Å²) >= 11 is 5.96. The molecule has 0 fully saturated rings. The van der Waals surface area contributed by atoms with Crippen LogP contribution in [-0.2, 0) is 14.4 Å². The molecule has 0 spiro atoms. The van der Waals surface area contributed by atoms with E-state index in [4.69, 9.17) is 16.7 Å². The third kappa shape index (κ3) is 9.79. The molecule has 0 aliphatic rings. The number of nitrogens with one attached hydrogen (secondary N) is 1. The summed E-state index contributed by atoms with van der Waals surface area (Å²) in [5, 5.41) is 12.2. The molecule has 2 amide bonds. The zero-order chi connectivity index (χ0) is 21.6. The summed E-state index contributed by atoms with van der Waals surface area (Å²) in [5.41, 5.74) is 0.485. The fourth-order valence-corrected chi connectivity index (χ4v) is 3.28. The summed E-state index contributed by atoms with van der Waals surface area (Å²) in [4.78, 5) is 38.8. The molecule has 1 aromatic carbocycles. The van der Waals surface area contributed by atoms with Crippen molar-refractivity contribution in [3.63, 3.8) is 0 Å². The predicted molar refractivity (Wildman–Crippen MR) is 116 cm³/mol. The van der Waals surface area contributed by atoms with E-state index in [0.717, 1.165) is 38.5 Å². The fraction of sp³-hybridized carbons (Fsp3) is 0.591. The molecule has 29 heavy (non-hydrogen) atoms. The van der Waals surface area contributed by atoms with Crippen LogP contribution in [0.1, 0.15) is 65.2 Å². The van der Waals surface area contributed by atoms with E-state index >= 15 is 0 Å². The molecule has 0 bridgehead atoms. The molecule has 1 unspecified atom stereocenters. The van der Waals surface area contributed by atoms with Gasteiger partial charge in [0.2, 0.25) is 11.8 Å². The first-order valence-electron chi connectivity index (χ1n) is 10.5. The average molecular weight is 425 g/mol. The molecular formula is C22H33ClN2O4. The van der Waals surface area contributed by atoms with Gasteiger partial charge in [0.05, 0.1) is 0 Å². The van der Waals surface area contributed by atoms with Crippen molar-refractivity contribution >= 4 is 35.1 Å². The van der Waals surface area contributed by atoms with Crippen molar-refractivity contribution in [1.82, 2.24) is 4.90 Å². The van der Waals surface area contributed by atoms with Gasteiger partial charge in [0.1, 0.15) is 5.92 Å². The minimum absolute atomic E-state index is 0.0291. The van der Waals surface area contributed by atoms with Crippen LogP contribution in [0.3, 0.4) is 0 Å². The summed E-state index contributed by atoms with van der Waals surface area (Å²) in [6, 6.07) is 6.67. The number of hydrogen-bond donors (Lipinski definition) is 2. The predicted octanol–water partition coefficient (Wildman–Crippen LogP) is 4.97. The Kier molecular flexibility index (Phi) is 12.0. The van der Waals surface area contributed by atoms with E-state index in [0.29, 0.717) is 23.8 Å². The van der Waals surface area contributed by atoms with Gasteiger partial charge in [-0.3, -0.25) is 14.4 Å². The minimum atomic E-state index is -1.03. The van der Waals surface area contributed by atoms with Crippen molar-refractivity contribution in [3.8, 4) is 0 Å². The molecule has 0 heterocycles. The van der Waals surface area contributed by atoms with E-state index in [1.165, 1.54) is 0 Å². The molecule has 0 saturated heterocycles. The third-order valence-electron chi connectivity index (χ3n) is 4.73. The van der Waals surface area contributed by atoms with Crippen LogP contribution in [0, 0.1) is 5.92 Å². The number of unbranched alkanes of at least 4 members (excludes halogenated alkanes) is 4. The lowest BCUT2D eigenvalue weighted by molar-refractivity contribution is -0.142. The van der Waals surface area contributed by atoms with Crippen LogP contribution in [0.2, 0.25) is 5.02 Å². The maximum atomic E-state index is 13.2. The molecule has 162 valence electrons. The summed E-state index contributed by atoms with van der Waals surface area (Å²) in [6.07, 6.45) is 5.56. The first kappa shape index (κ1) is 25.0. The highest BCUT2D eigenvalue weighted by Crippen LogP contribution is 2.19. The van der Waals surface area contributed by atoms with Crippen molar-refractivity contribution in [2.24, 2.45) is 5.92 Å². The topological polar surface area (TPSA) is 86.7 Å². The highest BCUT2D eigenvalue weighted by atomic mass is 35.5. The normalized spacial score (nSPS) is 11.7. The van der Waals surface area contributed by atoms with E-state index in [9.17, 15) is 14.4 Å². The zero-order valence-electron chi connectivity index (χ0n) is 17.5. The Balaban J connectivity index is 2.94. The fourth-order valence-electron chi connectivity index (χ4n) is 3.09. The smallest absolute Gasteiger partial charge is 0.303 e. The van der Waals surface area contributed by atoms with E-state index in [1.807, 2.05) is 0 Å². The number of amides is 2. The minimum Gasteiger partial charge on any atom is -0.481 e. The van der Waals surface area contributed by atoms with Crippen molar-refractivity contribution in [2.75, 3.05) is 18.4 Å². The van der Waals surface area contributed by atoms with Crippen LogP contribution in [0.15, 0.2) is 24.3 Å². The number of hydrogen-bond acceptors (Lipinski definition) is 3. The largest absolute Gasteiger partial charge is 0.481 e. The van der Waals surface area contributed by atoms with E-state index in [2.05, 4.69) is 19.2 Å². The van der Waals surface area contributed by atoms with Crippen molar-refractivity contribution < 1.29 is 19.5 Å². The first-order chi connectivity index (χ1) is 13.9. The average Bonchev–Trinajstić information content (AvgIpc) is 2.66. The summed E-state index contributed by atoms with van der Waals surface area (Å²) in [6.45, 7) is 5.36. The van der Waals surface area contributed by atoms with E-state index in [1.54, 1.807) is 29.2 Å². The van der Waals surface area contributed by atoms with Gasteiger partial charge in [-0.2, -0.15) is 0 Å². The number of benzene rings is 1. The van der Waals surface area contributed by atoms with Gasteiger partial charge >= 0.3 is 5.97 Å². The SMILES string of the molecule is CCCCCN(CCCCC)C(=O)C(CCC(=O)O)C(=O)Nc1cccc(Cl)c1. The zero-order valence-corrected chi connectivity index (χ0v) is 18.2. The van der Waals surface area contributed by atoms with Gasteiger partial charge in [0.15, 0.2) is 0 Å². The molecule has 0 saturated carbocycles. The molecular weight excluding hydrogens is 392 g/mol. The Bertz CT molecular complexity index is 656. The highest BCUT2D eigenvalue weighted by Gasteiger charge is 2.31. The number of carbonyl (C=O) groups is 3. The second-order valence-electron chi connectivity index (χ2n) is 7.22. The molecule has 1 rings (SSSR count). The molecule has 1 aromatic rings. The van der Waals surface area contributed by atoms with Crippen molar-refractivity contribution in [2.45, 2.75) is 65.2 Å². The van der Waals surface area contributed by atoms with Crippen LogP contribution < -0.4 is 5.32 Å². The third-order valence-corrected chi connectivity index (χ3v) is 4.96. The Morgan fingerprint density at radius 1 is 1.07 bits per heavy atom. The molecule has 0 radical (unpaired) electrons. The maximum Gasteiger partial charge on any atom is 0.303 e. The lowest BCUT2D eigenvalue weighted by atomic mass is 9.99.